The summed E-state index contributed by atoms with van der Waals surface area (Å²) in [6, 6.07) is 9.70. The zero-order valence-corrected chi connectivity index (χ0v) is 14.7. The predicted molar refractivity (Wildman–Crippen MR) is 95.2 cm³/mol. The molecule has 1 aliphatic rings. The molecular formula is C19H24N4O2. The zero-order valence-electron chi connectivity index (χ0n) is 14.7. The molecule has 1 heterocycles. The molecule has 6 nitrogen and oxygen atoms in total. The van der Waals surface area contributed by atoms with E-state index in [9.17, 15) is 9.59 Å². The van der Waals surface area contributed by atoms with Gasteiger partial charge in [-0.05, 0) is 50.5 Å². The lowest BCUT2D eigenvalue weighted by molar-refractivity contribution is -0.124. The highest BCUT2D eigenvalue weighted by atomic mass is 16.2. The molecule has 1 fully saturated rings. The van der Waals surface area contributed by atoms with Gasteiger partial charge in [-0.15, -0.1) is 0 Å². The molecule has 0 radical (unpaired) electrons. The van der Waals surface area contributed by atoms with E-state index in [1.54, 1.807) is 0 Å². The molecule has 1 saturated carbocycles. The van der Waals surface area contributed by atoms with Gasteiger partial charge in [-0.1, -0.05) is 18.6 Å². The summed E-state index contributed by atoms with van der Waals surface area (Å²) in [5, 5.41) is 7.42. The second-order valence-electron chi connectivity index (χ2n) is 6.80. The van der Waals surface area contributed by atoms with E-state index in [0.717, 1.165) is 41.9 Å². The number of nitrogens with two attached hydrogens (primary N) is 1. The molecule has 2 aromatic rings. The molecule has 2 amide bonds. The summed E-state index contributed by atoms with van der Waals surface area (Å²) in [6.07, 6.45) is 2.79. The van der Waals surface area contributed by atoms with E-state index in [4.69, 9.17) is 5.73 Å². The van der Waals surface area contributed by atoms with Crippen LogP contribution in [0.4, 0.5) is 0 Å². The third-order valence-corrected chi connectivity index (χ3v) is 4.78. The molecule has 1 aromatic heterocycles. The minimum Gasteiger partial charge on any atom is -0.369 e. The van der Waals surface area contributed by atoms with Crippen molar-refractivity contribution in [1.29, 1.82) is 0 Å². The number of nitrogens with one attached hydrogen (secondary N) is 1. The molecule has 0 aliphatic heterocycles. The summed E-state index contributed by atoms with van der Waals surface area (Å²) in [5.41, 5.74) is 9.35. The van der Waals surface area contributed by atoms with Crippen LogP contribution in [0.5, 0.6) is 0 Å². The Labute approximate surface area is 147 Å². The van der Waals surface area contributed by atoms with Gasteiger partial charge in [0.1, 0.15) is 0 Å². The first-order chi connectivity index (χ1) is 11.9. The van der Waals surface area contributed by atoms with Crippen molar-refractivity contribution in [2.75, 3.05) is 0 Å². The summed E-state index contributed by atoms with van der Waals surface area (Å²) in [4.78, 5) is 23.7. The van der Waals surface area contributed by atoms with Crippen molar-refractivity contribution < 1.29 is 9.59 Å². The number of amides is 2. The fourth-order valence-electron chi connectivity index (χ4n) is 3.56. The molecule has 3 N–H and O–H groups in total. The number of aryl methyl sites for hydroxylation is 2. The van der Waals surface area contributed by atoms with Gasteiger partial charge in [0.05, 0.1) is 23.7 Å². The zero-order chi connectivity index (χ0) is 18.0. The minimum absolute atomic E-state index is 0.0722. The van der Waals surface area contributed by atoms with Crippen molar-refractivity contribution in [2.24, 2.45) is 11.7 Å². The second-order valence-corrected chi connectivity index (χ2v) is 6.80. The van der Waals surface area contributed by atoms with Crippen LogP contribution in [0.25, 0.3) is 5.69 Å². The number of carbonyl (C=O) groups is 2. The molecule has 25 heavy (non-hydrogen) atoms. The molecule has 6 heteroatoms. The highest BCUT2D eigenvalue weighted by molar-refractivity contribution is 5.82. The Bertz CT molecular complexity index is 779. The van der Waals surface area contributed by atoms with Crippen molar-refractivity contribution in [3.8, 4) is 5.69 Å². The number of hydrogen-bond donors (Lipinski definition) is 2. The Kier molecular flexibility index (Phi) is 4.88. The average Bonchev–Trinajstić information content (AvgIpc) is 3.14. The highest BCUT2D eigenvalue weighted by Gasteiger charge is 2.32. The lowest BCUT2D eigenvalue weighted by Gasteiger charge is -2.18. The molecule has 0 unspecified atom stereocenters. The van der Waals surface area contributed by atoms with Crippen molar-refractivity contribution in [3.63, 3.8) is 0 Å². The first-order valence-corrected chi connectivity index (χ1v) is 8.65. The largest absolute Gasteiger partial charge is 0.369 e. The van der Waals surface area contributed by atoms with Crippen LogP contribution in [0.2, 0.25) is 0 Å². The fourth-order valence-corrected chi connectivity index (χ4v) is 3.56. The van der Waals surface area contributed by atoms with E-state index in [1.807, 2.05) is 48.9 Å². The molecule has 1 aromatic carbocycles. The molecule has 132 valence electrons. The Morgan fingerprint density at radius 2 is 1.96 bits per heavy atom. The Morgan fingerprint density at radius 1 is 1.24 bits per heavy atom. The van der Waals surface area contributed by atoms with Crippen LogP contribution in [-0.2, 0) is 16.0 Å². The summed E-state index contributed by atoms with van der Waals surface area (Å²) in [7, 11) is 0. The van der Waals surface area contributed by atoms with E-state index in [1.165, 1.54) is 0 Å². The van der Waals surface area contributed by atoms with Crippen molar-refractivity contribution in [2.45, 2.75) is 45.6 Å². The maximum Gasteiger partial charge on any atom is 0.224 e. The van der Waals surface area contributed by atoms with Crippen LogP contribution >= 0.6 is 0 Å². The molecule has 0 bridgehead atoms. The van der Waals surface area contributed by atoms with E-state index in [-0.39, 0.29) is 23.8 Å². The van der Waals surface area contributed by atoms with Crippen molar-refractivity contribution >= 4 is 11.8 Å². The van der Waals surface area contributed by atoms with Crippen LogP contribution in [0.15, 0.2) is 30.3 Å². The van der Waals surface area contributed by atoms with E-state index < -0.39 is 0 Å². The van der Waals surface area contributed by atoms with Crippen LogP contribution in [-0.4, -0.2) is 27.6 Å². The van der Waals surface area contributed by atoms with Crippen molar-refractivity contribution in [1.82, 2.24) is 15.1 Å². The van der Waals surface area contributed by atoms with Crippen LogP contribution < -0.4 is 11.1 Å². The number of aromatic nitrogens is 2. The van der Waals surface area contributed by atoms with Gasteiger partial charge in [-0.2, -0.15) is 5.10 Å². The fraction of sp³-hybridized carbons (Fsp3) is 0.421. The van der Waals surface area contributed by atoms with Gasteiger partial charge in [0, 0.05) is 11.7 Å². The van der Waals surface area contributed by atoms with Gasteiger partial charge in [0.2, 0.25) is 11.8 Å². The lowest BCUT2D eigenvalue weighted by Crippen LogP contribution is -2.42. The van der Waals surface area contributed by atoms with Crippen LogP contribution in [0.1, 0.15) is 36.2 Å². The standard InChI is InChI=1S/C19H24N4O2/c1-12-10-13(2)23(22-12)15-8-6-14(7-9-15)11-18(24)21-17-5-3-4-16(17)19(20)25/h6-10,16-17H,3-5,11H2,1-2H3,(H2,20,25)(H,21,24)/t16-,17-/m1/s1. The summed E-state index contributed by atoms with van der Waals surface area (Å²) < 4.78 is 1.88. The molecule has 0 spiro atoms. The molecular weight excluding hydrogens is 316 g/mol. The number of primary amides is 1. The maximum absolute atomic E-state index is 12.3. The summed E-state index contributed by atoms with van der Waals surface area (Å²) >= 11 is 0. The van der Waals surface area contributed by atoms with Gasteiger partial charge >= 0.3 is 0 Å². The number of rotatable bonds is 5. The number of carbonyl (C=O) groups excluding carboxylic acids is 2. The van der Waals surface area contributed by atoms with E-state index >= 15 is 0 Å². The monoisotopic (exact) mass is 340 g/mol. The quantitative estimate of drug-likeness (QED) is 0.869. The first kappa shape index (κ1) is 17.2. The summed E-state index contributed by atoms with van der Waals surface area (Å²) in [5.74, 6) is -0.633. The second kappa shape index (κ2) is 7.09. The van der Waals surface area contributed by atoms with Crippen LogP contribution in [0, 0.1) is 19.8 Å². The molecule has 0 saturated heterocycles. The topological polar surface area (TPSA) is 90.0 Å². The Morgan fingerprint density at radius 3 is 2.56 bits per heavy atom. The Hall–Kier alpha value is -2.63. The number of benzene rings is 1. The minimum atomic E-state index is -0.322. The summed E-state index contributed by atoms with van der Waals surface area (Å²) in [6.45, 7) is 3.97. The van der Waals surface area contributed by atoms with Gasteiger partial charge in [-0.3, -0.25) is 9.59 Å². The smallest absolute Gasteiger partial charge is 0.224 e. The maximum atomic E-state index is 12.3. The van der Waals surface area contributed by atoms with Gasteiger partial charge in [-0.25, -0.2) is 4.68 Å². The van der Waals surface area contributed by atoms with Gasteiger partial charge in [0.25, 0.3) is 0 Å². The SMILES string of the molecule is Cc1cc(C)n(-c2ccc(CC(=O)N[C@@H]3CCC[C@H]3C(N)=O)cc2)n1. The third kappa shape index (κ3) is 3.90. The Balaban J connectivity index is 1.62. The third-order valence-electron chi connectivity index (χ3n) is 4.78. The van der Waals surface area contributed by atoms with E-state index in [0.29, 0.717) is 6.42 Å². The predicted octanol–water partition coefficient (Wildman–Crippen LogP) is 1.80. The first-order valence-electron chi connectivity index (χ1n) is 8.65. The highest BCUT2D eigenvalue weighted by Crippen LogP contribution is 2.25. The van der Waals surface area contributed by atoms with Gasteiger partial charge in [0.15, 0.2) is 0 Å². The van der Waals surface area contributed by atoms with Gasteiger partial charge < -0.3 is 11.1 Å². The number of nitrogens with zero attached hydrogens (tertiary/aromatic N) is 2. The normalized spacial score (nSPS) is 19.8. The average molecular weight is 340 g/mol. The molecule has 1 aliphatic carbocycles. The number of hydrogen-bond acceptors (Lipinski definition) is 3. The van der Waals surface area contributed by atoms with Crippen molar-refractivity contribution in [3.05, 3.63) is 47.3 Å². The van der Waals surface area contributed by atoms with E-state index in [2.05, 4.69) is 10.4 Å². The van der Waals surface area contributed by atoms with Crippen LogP contribution in [0.3, 0.4) is 0 Å². The lowest BCUT2D eigenvalue weighted by atomic mass is 10.0. The molecule has 2 atom stereocenters. The molecule has 3 rings (SSSR count).